The fourth-order valence-electron chi connectivity index (χ4n) is 4.01. The lowest BCUT2D eigenvalue weighted by molar-refractivity contribution is 0.152. The number of hydrogen-bond donors (Lipinski definition) is 1. The summed E-state index contributed by atoms with van der Waals surface area (Å²) >= 11 is 2.10. The maximum Gasteiger partial charge on any atom is 0.332 e. The van der Waals surface area contributed by atoms with Crippen LogP contribution in [0.1, 0.15) is 31.5 Å². The van der Waals surface area contributed by atoms with Crippen LogP contribution in [0.25, 0.3) is 11.2 Å². The Morgan fingerprint density at radius 1 is 1.21 bits per heavy atom. The van der Waals surface area contributed by atoms with Gasteiger partial charge in [0.15, 0.2) is 5.65 Å². The highest BCUT2D eigenvalue weighted by Gasteiger charge is 2.34. The van der Waals surface area contributed by atoms with Crippen molar-refractivity contribution in [2.45, 2.75) is 43.5 Å². The Labute approximate surface area is 144 Å². The summed E-state index contributed by atoms with van der Waals surface area (Å²) in [5.41, 5.74) is 0.217. The molecule has 1 saturated carbocycles. The molecular weight excluding hydrogens is 326 g/mol. The maximum absolute atomic E-state index is 12.3. The summed E-state index contributed by atoms with van der Waals surface area (Å²) in [7, 11) is 3.16. The van der Waals surface area contributed by atoms with Crippen molar-refractivity contribution in [2.24, 2.45) is 14.1 Å². The van der Waals surface area contributed by atoms with Gasteiger partial charge in [-0.3, -0.25) is 18.8 Å². The predicted molar refractivity (Wildman–Crippen MR) is 95.5 cm³/mol. The Bertz CT molecular complexity index is 881. The molecule has 2 aromatic rings. The molecule has 0 aromatic carbocycles. The van der Waals surface area contributed by atoms with E-state index < -0.39 is 0 Å². The van der Waals surface area contributed by atoms with Gasteiger partial charge in [0.1, 0.15) is 11.3 Å². The summed E-state index contributed by atoms with van der Waals surface area (Å²) in [5, 5.41) is 0.731. The van der Waals surface area contributed by atoms with E-state index in [9.17, 15) is 9.59 Å². The van der Waals surface area contributed by atoms with Crippen LogP contribution in [0.2, 0.25) is 0 Å². The fourth-order valence-corrected chi connectivity index (χ4v) is 5.52. The van der Waals surface area contributed by atoms with Gasteiger partial charge in [0.25, 0.3) is 5.56 Å². The van der Waals surface area contributed by atoms with Crippen LogP contribution in [-0.4, -0.2) is 47.6 Å². The van der Waals surface area contributed by atoms with E-state index in [0.29, 0.717) is 23.8 Å². The van der Waals surface area contributed by atoms with E-state index in [1.54, 1.807) is 7.05 Å². The monoisotopic (exact) mass is 349 g/mol. The van der Waals surface area contributed by atoms with Gasteiger partial charge in [-0.2, -0.15) is 11.8 Å². The van der Waals surface area contributed by atoms with Gasteiger partial charge in [-0.05, 0) is 12.8 Å². The van der Waals surface area contributed by atoms with Crippen LogP contribution in [0.5, 0.6) is 0 Å². The first kappa shape index (κ1) is 16.0. The number of aryl methyl sites for hydroxylation is 1. The van der Waals surface area contributed by atoms with E-state index in [4.69, 9.17) is 0 Å². The molecule has 0 spiro atoms. The zero-order valence-electron chi connectivity index (χ0n) is 14.1. The van der Waals surface area contributed by atoms with E-state index in [1.165, 1.54) is 37.3 Å². The summed E-state index contributed by atoms with van der Waals surface area (Å²) in [6.07, 6.45) is 5.19. The van der Waals surface area contributed by atoms with Gasteiger partial charge in [-0.15, -0.1) is 0 Å². The van der Waals surface area contributed by atoms with Crippen molar-refractivity contribution in [2.75, 3.05) is 12.3 Å². The molecule has 2 fully saturated rings. The third-order valence-electron chi connectivity index (χ3n) is 5.34. The predicted octanol–water partition coefficient (Wildman–Crippen LogP) is 0.820. The van der Waals surface area contributed by atoms with Crippen LogP contribution < -0.4 is 11.2 Å². The van der Waals surface area contributed by atoms with E-state index in [0.717, 1.165) is 27.9 Å². The highest BCUT2D eigenvalue weighted by atomic mass is 32.2. The molecule has 24 heavy (non-hydrogen) atoms. The zero-order chi connectivity index (χ0) is 16.8. The zero-order valence-corrected chi connectivity index (χ0v) is 14.9. The smallest absolute Gasteiger partial charge is 0.332 e. The Hall–Kier alpha value is -1.54. The van der Waals surface area contributed by atoms with Crippen molar-refractivity contribution >= 4 is 22.9 Å². The number of H-pyrrole nitrogens is 1. The fraction of sp³-hybridized carbons (Fsp3) is 0.688. The van der Waals surface area contributed by atoms with Crippen LogP contribution >= 0.6 is 11.8 Å². The molecule has 130 valence electrons. The molecular formula is C16H23N5O2S. The van der Waals surface area contributed by atoms with Gasteiger partial charge >= 0.3 is 5.69 Å². The highest BCUT2D eigenvalue weighted by Crippen LogP contribution is 2.36. The lowest BCUT2D eigenvalue weighted by Crippen LogP contribution is -2.48. The van der Waals surface area contributed by atoms with E-state index in [-0.39, 0.29) is 11.2 Å². The number of thioether (sulfide) groups is 1. The number of rotatable bonds is 2. The van der Waals surface area contributed by atoms with Gasteiger partial charge in [0.05, 0.1) is 6.54 Å². The molecule has 1 N–H and O–H groups in total. The summed E-state index contributed by atoms with van der Waals surface area (Å²) < 4.78 is 2.56. The maximum atomic E-state index is 12.3. The van der Waals surface area contributed by atoms with Gasteiger partial charge in [-0.1, -0.05) is 12.8 Å². The first-order valence-electron chi connectivity index (χ1n) is 8.56. The first-order valence-corrected chi connectivity index (χ1v) is 9.61. The minimum Gasteiger partial charge on any atom is -0.335 e. The lowest BCUT2D eigenvalue weighted by Gasteiger charge is -2.43. The number of aromatic amines is 1. The molecule has 7 nitrogen and oxygen atoms in total. The van der Waals surface area contributed by atoms with Crippen LogP contribution in [0.15, 0.2) is 9.59 Å². The van der Waals surface area contributed by atoms with Crippen LogP contribution in [0.3, 0.4) is 0 Å². The quantitative estimate of drug-likeness (QED) is 0.869. The summed E-state index contributed by atoms with van der Waals surface area (Å²) in [4.78, 5) is 34.6. The highest BCUT2D eigenvalue weighted by molar-refractivity contribution is 8.00. The molecule has 2 aromatic heterocycles. The van der Waals surface area contributed by atoms with Gasteiger partial charge in [0, 0.05) is 37.7 Å². The molecule has 2 atom stereocenters. The average molecular weight is 349 g/mol. The van der Waals surface area contributed by atoms with E-state index in [1.807, 2.05) is 0 Å². The number of imidazole rings is 1. The van der Waals surface area contributed by atoms with Crippen molar-refractivity contribution in [3.8, 4) is 0 Å². The number of fused-ring (bicyclic) bond motifs is 2. The molecule has 8 heteroatoms. The molecule has 1 aliphatic heterocycles. The SMILES string of the molecule is Cn1c(=O)c2[nH]c(CN3CCSC4CCCCC43)nc2n(C)c1=O. The lowest BCUT2D eigenvalue weighted by atomic mass is 9.93. The Balaban J connectivity index is 1.67. The van der Waals surface area contributed by atoms with Crippen LogP contribution in [0, 0.1) is 0 Å². The standard InChI is InChI=1S/C16H23N5O2S/c1-19-14-13(15(22)20(2)16(19)23)17-12(18-14)9-21-7-8-24-11-6-4-3-5-10(11)21/h10-11H,3-9H2,1-2H3,(H,17,18). The van der Waals surface area contributed by atoms with Crippen molar-refractivity contribution in [3.63, 3.8) is 0 Å². The van der Waals surface area contributed by atoms with Crippen molar-refractivity contribution in [1.82, 2.24) is 24.0 Å². The van der Waals surface area contributed by atoms with Crippen molar-refractivity contribution in [1.29, 1.82) is 0 Å². The second kappa shape index (κ2) is 6.07. The summed E-state index contributed by atoms with van der Waals surface area (Å²) in [5.74, 6) is 1.93. The van der Waals surface area contributed by atoms with Crippen molar-refractivity contribution < 1.29 is 0 Å². The minimum atomic E-state index is -0.340. The number of nitrogens with one attached hydrogen (secondary N) is 1. The molecule has 1 aliphatic carbocycles. The average Bonchev–Trinajstić information content (AvgIpc) is 3.02. The Morgan fingerprint density at radius 2 is 2.00 bits per heavy atom. The van der Waals surface area contributed by atoms with Gasteiger partial charge in [-0.25, -0.2) is 9.78 Å². The van der Waals surface area contributed by atoms with Crippen molar-refractivity contribution in [3.05, 3.63) is 26.7 Å². The molecule has 3 heterocycles. The topological polar surface area (TPSA) is 75.9 Å². The number of nitrogens with zero attached hydrogens (tertiary/aromatic N) is 4. The largest absolute Gasteiger partial charge is 0.335 e. The third-order valence-corrected chi connectivity index (χ3v) is 6.74. The summed E-state index contributed by atoms with van der Waals surface area (Å²) in [6, 6.07) is 0.609. The molecule has 4 rings (SSSR count). The molecule has 0 bridgehead atoms. The molecule has 1 saturated heterocycles. The van der Waals surface area contributed by atoms with Crippen LogP contribution in [-0.2, 0) is 20.6 Å². The van der Waals surface area contributed by atoms with Crippen LogP contribution in [0.4, 0.5) is 0 Å². The second-order valence-corrected chi connectivity index (χ2v) is 8.17. The Morgan fingerprint density at radius 3 is 2.83 bits per heavy atom. The third kappa shape index (κ3) is 2.52. The molecule has 2 aliphatic rings. The first-order chi connectivity index (χ1) is 11.6. The number of aromatic nitrogens is 4. The minimum absolute atomic E-state index is 0.309. The van der Waals surface area contributed by atoms with Gasteiger partial charge < -0.3 is 4.98 Å². The van der Waals surface area contributed by atoms with E-state index >= 15 is 0 Å². The number of hydrogen-bond acceptors (Lipinski definition) is 5. The Kier molecular flexibility index (Phi) is 4.04. The van der Waals surface area contributed by atoms with Gasteiger partial charge in [0.2, 0.25) is 0 Å². The molecule has 0 amide bonds. The molecule has 2 unspecified atom stereocenters. The molecule has 0 radical (unpaired) electrons. The summed E-state index contributed by atoms with van der Waals surface area (Å²) in [6.45, 7) is 1.77. The second-order valence-electron chi connectivity index (χ2n) is 6.82. The van der Waals surface area contributed by atoms with E-state index in [2.05, 4.69) is 26.6 Å². The normalized spacial score (nSPS) is 25.1.